The first-order valence-corrected chi connectivity index (χ1v) is 17.3. The van der Waals surface area contributed by atoms with Gasteiger partial charge in [0.2, 0.25) is 0 Å². The van der Waals surface area contributed by atoms with Gasteiger partial charge in [-0.15, -0.1) is 0 Å². The molecule has 7 aromatic rings. The van der Waals surface area contributed by atoms with Gasteiger partial charge in [0.1, 0.15) is 0 Å². The van der Waals surface area contributed by atoms with Crippen molar-refractivity contribution in [2.75, 3.05) is 0 Å². The second-order valence-corrected chi connectivity index (χ2v) is 15.5. The molecule has 200 valence electrons. The quantitative estimate of drug-likeness (QED) is 0.169. The number of thioether (sulfide) groups is 1. The van der Waals surface area contributed by atoms with E-state index in [1.165, 1.54) is 43.1 Å². The summed E-state index contributed by atoms with van der Waals surface area (Å²) < 4.78 is 2.32. The summed E-state index contributed by atoms with van der Waals surface area (Å²) in [6, 6.07) is 58.0. The van der Waals surface area contributed by atoms with Gasteiger partial charge >= 0.3 is 0 Å². The van der Waals surface area contributed by atoms with Crippen LogP contribution in [0.2, 0.25) is 0 Å². The minimum atomic E-state index is -2.59. The predicted octanol–water partition coefficient (Wildman–Crippen LogP) is 6.68. The summed E-state index contributed by atoms with van der Waals surface area (Å²) in [6.07, 6.45) is 0. The molecular formula is C38H28N2SSi. The summed E-state index contributed by atoms with van der Waals surface area (Å²) in [7, 11) is -2.59. The van der Waals surface area contributed by atoms with E-state index in [4.69, 9.17) is 4.98 Å². The maximum atomic E-state index is 5.09. The molecule has 0 saturated carbocycles. The Morgan fingerprint density at radius 2 is 1.10 bits per heavy atom. The molecule has 1 aliphatic rings. The average Bonchev–Trinajstić information content (AvgIpc) is 3.45. The van der Waals surface area contributed by atoms with Gasteiger partial charge < -0.3 is 0 Å². The zero-order chi connectivity index (χ0) is 27.9. The molecule has 0 fully saturated rings. The molecule has 0 aliphatic carbocycles. The van der Waals surface area contributed by atoms with Crippen LogP contribution in [0.1, 0.15) is 5.56 Å². The molecule has 0 spiro atoms. The molecule has 42 heavy (non-hydrogen) atoms. The molecule has 0 unspecified atom stereocenters. The van der Waals surface area contributed by atoms with Crippen LogP contribution in [-0.4, -0.2) is 17.6 Å². The van der Waals surface area contributed by atoms with Crippen molar-refractivity contribution < 1.29 is 0 Å². The Kier molecular flexibility index (Phi) is 6.17. The van der Waals surface area contributed by atoms with Crippen molar-refractivity contribution >= 4 is 51.6 Å². The zero-order valence-electron chi connectivity index (χ0n) is 23.0. The Morgan fingerprint density at radius 1 is 0.524 bits per heavy atom. The number of aromatic nitrogens is 2. The van der Waals surface area contributed by atoms with Gasteiger partial charge in [-0.05, 0) is 55.6 Å². The SMILES string of the molecule is c1ccc([Si](c2ccccc2)(c2ccccc2)c2cccc(-c3ccc4c(c3)nc3n4-c4ccccc4CS3)c2)cc1. The first kappa shape index (κ1) is 25.1. The Bertz CT molecular complexity index is 1940. The second kappa shape index (κ2) is 10.3. The van der Waals surface area contributed by atoms with Gasteiger partial charge in [0.05, 0.1) is 16.7 Å². The van der Waals surface area contributed by atoms with Crippen LogP contribution in [-0.2, 0) is 5.75 Å². The molecule has 1 aromatic heterocycles. The highest BCUT2D eigenvalue weighted by Crippen LogP contribution is 2.37. The first-order valence-electron chi connectivity index (χ1n) is 14.3. The Labute approximate surface area is 251 Å². The number of nitrogens with zero attached hydrogens (tertiary/aromatic N) is 2. The molecule has 8 rings (SSSR count). The van der Waals surface area contributed by atoms with Crippen LogP contribution < -0.4 is 20.7 Å². The van der Waals surface area contributed by atoms with Crippen LogP contribution >= 0.6 is 11.8 Å². The average molecular weight is 573 g/mol. The summed E-state index contributed by atoms with van der Waals surface area (Å²) in [5.74, 6) is 0.958. The molecule has 4 heteroatoms. The predicted molar refractivity (Wildman–Crippen MR) is 180 cm³/mol. The minimum Gasteiger partial charge on any atom is -0.287 e. The molecular weight excluding hydrogens is 545 g/mol. The lowest BCUT2D eigenvalue weighted by atomic mass is 10.1. The van der Waals surface area contributed by atoms with Gasteiger partial charge in [0, 0.05) is 5.75 Å². The van der Waals surface area contributed by atoms with Crippen LogP contribution in [0.25, 0.3) is 27.8 Å². The summed E-state index contributed by atoms with van der Waals surface area (Å²) in [4.78, 5) is 5.09. The molecule has 2 heterocycles. The topological polar surface area (TPSA) is 17.8 Å². The van der Waals surface area contributed by atoms with Gasteiger partial charge in [-0.1, -0.05) is 151 Å². The maximum Gasteiger partial charge on any atom is 0.179 e. The third-order valence-corrected chi connectivity index (χ3v) is 14.2. The number of benzene rings is 6. The van der Waals surface area contributed by atoms with Crippen molar-refractivity contribution in [3.8, 4) is 16.8 Å². The van der Waals surface area contributed by atoms with Crippen LogP contribution in [0.15, 0.2) is 163 Å². The Morgan fingerprint density at radius 3 is 1.76 bits per heavy atom. The zero-order valence-corrected chi connectivity index (χ0v) is 24.8. The Hall–Kier alpha value is -4.64. The monoisotopic (exact) mass is 572 g/mol. The van der Waals surface area contributed by atoms with E-state index in [1.807, 2.05) is 11.8 Å². The van der Waals surface area contributed by atoms with E-state index in [2.05, 4.69) is 162 Å². The maximum absolute atomic E-state index is 5.09. The largest absolute Gasteiger partial charge is 0.287 e. The van der Waals surface area contributed by atoms with Gasteiger partial charge in [-0.3, -0.25) is 4.57 Å². The van der Waals surface area contributed by atoms with Crippen LogP contribution in [0.4, 0.5) is 0 Å². The first-order chi connectivity index (χ1) is 20.8. The van der Waals surface area contributed by atoms with Crippen molar-refractivity contribution in [2.24, 2.45) is 0 Å². The lowest BCUT2D eigenvalue weighted by molar-refractivity contribution is 0.894. The molecule has 0 radical (unpaired) electrons. The van der Waals surface area contributed by atoms with Crippen LogP contribution in [0.5, 0.6) is 0 Å². The fourth-order valence-corrected chi connectivity index (χ4v) is 12.4. The third-order valence-electron chi connectivity index (χ3n) is 8.46. The van der Waals surface area contributed by atoms with E-state index in [1.54, 1.807) is 0 Å². The van der Waals surface area contributed by atoms with Crippen molar-refractivity contribution in [1.82, 2.24) is 9.55 Å². The van der Waals surface area contributed by atoms with E-state index in [9.17, 15) is 0 Å². The van der Waals surface area contributed by atoms with Crippen molar-refractivity contribution in [3.05, 3.63) is 163 Å². The summed E-state index contributed by atoms with van der Waals surface area (Å²) in [6.45, 7) is 0. The lowest BCUT2D eigenvalue weighted by Crippen LogP contribution is -2.74. The number of fused-ring (bicyclic) bond motifs is 5. The van der Waals surface area contributed by atoms with E-state index in [0.717, 1.165) is 21.9 Å². The summed E-state index contributed by atoms with van der Waals surface area (Å²) >= 11 is 1.81. The Balaban J connectivity index is 1.32. The highest BCUT2D eigenvalue weighted by Gasteiger charge is 2.41. The fraction of sp³-hybridized carbons (Fsp3) is 0.0263. The van der Waals surface area contributed by atoms with E-state index >= 15 is 0 Å². The van der Waals surface area contributed by atoms with E-state index in [-0.39, 0.29) is 0 Å². The van der Waals surface area contributed by atoms with Crippen LogP contribution in [0.3, 0.4) is 0 Å². The molecule has 0 saturated heterocycles. The fourth-order valence-electron chi connectivity index (χ4n) is 6.56. The molecule has 0 N–H and O–H groups in total. The number of hydrogen-bond donors (Lipinski definition) is 0. The van der Waals surface area contributed by atoms with Gasteiger partial charge in [-0.2, -0.15) is 0 Å². The summed E-state index contributed by atoms with van der Waals surface area (Å²) in [5, 5.41) is 6.59. The standard InChI is InChI=1S/C38H28N2SSi/c1-4-15-31(16-5-1)42(32-17-6-2-7-18-32,33-19-8-3-9-20-33)34-21-12-14-28(25-34)29-23-24-37-35(26-29)39-38-40(37)36-22-11-10-13-30(36)27-41-38/h1-26H,27H2. The van der Waals surface area contributed by atoms with Crippen molar-refractivity contribution in [3.63, 3.8) is 0 Å². The van der Waals surface area contributed by atoms with Gasteiger partial charge in [0.25, 0.3) is 0 Å². The number of imidazole rings is 1. The number of para-hydroxylation sites is 1. The van der Waals surface area contributed by atoms with E-state index < -0.39 is 8.07 Å². The van der Waals surface area contributed by atoms with Crippen molar-refractivity contribution in [2.45, 2.75) is 10.9 Å². The van der Waals surface area contributed by atoms with E-state index in [0.29, 0.717) is 0 Å². The molecule has 0 amide bonds. The highest BCUT2D eigenvalue weighted by atomic mass is 32.2. The smallest absolute Gasteiger partial charge is 0.179 e. The molecule has 0 bridgehead atoms. The highest BCUT2D eigenvalue weighted by molar-refractivity contribution is 7.98. The van der Waals surface area contributed by atoms with Gasteiger partial charge in [0.15, 0.2) is 13.2 Å². The third kappa shape index (κ3) is 3.98. The molecule has 0 atom stereocenters. The lowest BCUT2D eigenvalue weighted by Gasteiger charge is -2.34. The molecule has 2 nitrogen and oxygen atoms in total. The van der Waals surface area contributed by atoms with Crippen LogP contribution in [0, 0.1) is 0 Å². The summed E-state index contributed by atoms with van der Waals surface area (Å²) in [5.41, 5.74) is 7.20. The number of rotatable bonds is 5. The van der Waals surface area contributed by atoms with Crippen molar-refractivity contribution in [1.29, 1.82) is 0 Å². The molecule has 6 aromatic carbocycles. The minimum absolute atomic E-state index is 0.958. The second-order valence-electron chi connectivity index (χ2n) is 10.8. The normalized spacial score (nSPS) is 12.6. The molecule has 1 aliphatic heterocycles. The number of hydrogen-bond acceptors (Lipinski definition) is 2. The van der Waals surface area contributed by atoms with Gasteiger partial charge in [-0.25, -0.2) is 4.98 Å².